The molecule has 1 aliphatic rings. The molecule has 0 atom stereocenters. The van der Waals surface area contributed by atoms with Crippen molar-refractivity contribution in [3.8, 4) is 0 Å². The molecule has 114 valence electrons. The van der Waals surface area contributed by atoms with Gasteiger partial charge in [-0.2, -0.15) is 0 Å². The van der Waals surface area contributed by atoms with Gasteiger partial charge in [-0.3, -0.25) is 0 Å². The maximum Gasteiger partial charge on any atom is 0.335 e. The highest BCUT2D eigenvalue weighted by Gasteiger charge is 2.12. The van der Waals surface area contributed by atoms with Crippen molar-refractivity contribution in [3.05, 3.63) is 59.7 Å². The summed E-state index contributed by atoms with van der Waals surface area (Å²) < 4.78 is 0. The van der Waals surface area contributed by atoms with Gasteiger partial charge in [0.25, 0.3) is 0 Å². The molecule has 1 fully saturated rings. The molecule has 22 heavy (non-hydrogen) atoms. The molecule has 0 aromatic heterocycles. The van der Waals surface area contributed by atoms with E-state index in [9.17, 15) is 9.90 Å². The monoisotopic (exact) mass is 313 g/mol. The Morgan fingerprint density at radius 2 is 1.73 bits per heavy atom. The van der Waals surface area contributed by atoms with Gasteiger partial charge in [0, 0.05) is 29.4 Å². The van der Waals surface area contributed by atoms with Crippen molar-refractivity contribution in [1.29, 1.82) is 0 Å². The summed E-state index contributed by atoms with van der Waals surface area (Å²) >= 11 is 1.67. The fraction of sp³-hybridized carbons (Fsp3) is 0.278. The number of benzene rings is 2. The number of aromatic carboxylic acids is 1. The molecule has 1 aliphatic heterocycles. The molecule has 3 nitrogen and oxygen atoms in total. The van der Waals surface area contributed by atoms with E-state index in [-0.39, 0.29) is 0 Å². The Kier molecular flexibility index (Phi) is 4.68. The summed E-state index contributed by atoms with van der Waals surface area (Å²) in [6.45, 7) is 2.30. The van der Waals surface area contributed by atoms with Gasteiger partial charge in [-0.25, -0.2) is 4.79 Å². The molecule has 0 saturated carbocycles. The molecule has 0 aliphatic carbocycles. The molecule has 0 radical (unpaired) electrons. The van der Waals surface area contributed by atoms with Gasteiger partial charge in [0.15, 0.2) is 0 Å². The number of carboxylic acid groups (broad SMARTS) is 1. The molecule has 4 heteroatoms. The number of carbonyl (C=O) groups is 1. The SMILES string of the molecule is O=C(O)c1ccccc1CSc1ccc(N2CCCC2)cc1. The van der Waals surface area contributed by atoms with Crippen molar-refractivity contribution >= 4 is 23.4 Å². The lowest BCUT2D eigenvalue weighted by Crippen LogP contribution is -2.17. The molecular weight excluding hydrogens is 294 g/mol. The van der Waals surface area contributed by atoms with Crippen LogP contribution in [0.3, 0.4) is 0 Å². The van der Waals surface area contributed by atoms with E-state index in [1.807, 2.05) is 12.1 Å². The van der Waals surface area contributed by atoms with Crippen LogP contribution >= 0.6 is 11.8 Å². The first-order valence-corrected chi connectivity index (χ1v) is 8.51. The average molecular weight is 313 g/mol. The second-order valence-corrected chi connectivity index (χ2v) is 6.49. The summed E-state index contributed by atoms with van der Waals surface area (Å²) in [5.74, 6) is -0.188. The highest BCUT2D eigenvalue weighted by atomic mass is 32.2. The lowest BCUT2D eigenvalue weighted by Gasteiger charge is -2.17. The van der Waals surface area contributed by atoms with Crippen molar-refractivity contribution in [2.24, 2.45) is 0 Å². The molecule has 3 rings (SSSR count). The van der Waals surface area contributed by atoms with Gasteiger partial charge < -0.3 is 10.0 Å². The summed E-state index contributed by atoms with van der Waals surface area (Å²) in [5, 5.41) is 9.21. The minimum absolute atomic E-state index is 0.392. The highest BCUT2D eigenvalue weighted by molar-refractivity contribution is 7.98. The second kappa shape index (κ2) is 6.88. The smallest absolute Gasteiger partial charge is 0.335 e. The largest absolute Gasteiger partial charge is 0.478 e. The fourth-order valence-corrected chi connectivity index (χ4v) is 3.65. The van der Waals surface area contributed by atoms with Crippen molar-refractivity contribution in [3.63, 3.8) is 0 Å². The Morgan fingerprint density at radius 3 is 2.41 bits per heavy atom. The predicted molar refractivity (Wildman–Crippen MR) is 90.9 cm³/mol. The first-order chi connectivity index (χ1) is 10.7. The summed E-state index contributed by atoms with van der Waals surface area (Å²) in [7, 11) is 0. The van der Waals surface area contributed by atoms with E-state index in [0.29, 0.717) is 11.3 Å². The number of carboxylic acids is 1. The molecule has 0 amide bonds. The van der Waals surface area contributed by atoms with E-state index in [2.05, 4.69) is 29.2 Å². The topological polar surface area (TPSA) is 40.5 Å². The van der Waals surface area contributed by atoms with E-state index in [4.69, 9.17) is 0 Å². The zero-order valence-corrected chi connectivity index (χ0v) is 13.2. The quantitative estimate of drug-likeness (QED) is 0.837. The molecule has 0 unspecified atom stereocenters. The van der Waals surface area contributed by atoms with Crippen LogP contribution in [0.2, 0.25) is 0 Å². The Balaban J connectivity index is 1.65. The summed E-state index contributed by atoms with van der Waals surface area (Å²) in [5.41, 5.74) is 2.54. The van der Waals surface area contributed by atoms with Gasteiger partial charge in [0.05, 0.1) is 5.56 Å². The second-order valence-electron chi connectivity index (χ2n) is 5.44. The third-order valence-corrected chi connectivity index (χ3v) is 5.01. The normalized spacial score (nSPS) is 14.3. The molecule has 2 aromatic carbocycles. The van der Waals surface area contributed by atoms with Crippen LogP contribution in [0.5, 0.6) is 0 Å². The highest BCUT2D eigenvalue weighted by Crippen LogP contribution is 2.27. The van der Waals surface area contributed by atoms with Gasteiger partial charge in [0.2, 0.25) is 0 Å². The predicted octanol–water partition coefficient (Wildman–Crippen LogP) is 4.28. The number of nitrogens with zero attached hydrogens (tertiary/aromatic N) is 1. The summed E-state index contributed by atoms with van der Waals surface area (Å²) in [4.78, 5) is 14.8. The zero-order chi connectivity index (χ0) is 15.4. The molecule has 0 bridgehead atoms. The van der Waals surface area contributed by atoms with Crippen LogP contribution in [0, 0.1) is 0 Å². The number of rotatable bonds is 5. The van der Waals surface area contributed by atoms with Crippen LogP contribution in [-0.2, 0) is 5.75 Å². The molecule has 2 aromatic rings. The van der Waals surface area contributed by atoms with Crippen molar-refractivity contribution < 1.29 is 9.90 Å². The minimum Gasteiger partial charge on any atom is -0.478 e. The number of anilines is 1. The van der Waals surface area contributed by atoms with E-state index >= 15 is 0 Å². The zero-order valence-electron chi connectivity index (χ0n) is 12.4. The van der Waals surface area contributed by atoms with E-state index in [1.165, 1.54) is 23.4 Å². The van der Waals surface area contributed by atoms with Crippen molar-refractivity contribution in [2.75, 3.05) is 18.0 Å². The van der Waals surface area contributed by atoms with Gasteiger partial charge in [-0.15, -0.1) is 11.8 Å². The summed E-state index contributed by atoms with van der Waals surface area (Å²) in [6, 6.07) is 15.8. The lowest BCUT2D eigenvalue weighted by molar-refractivity contribution is 0.0696. The standard InChI is InChI=1S/C18H19NO2S/c20-18(21)17-6-2-1-5-14(17)13-22-16-9-7-15(8-10-16)19-11-3-4-12-19/h1-2,5-10H,3-4,11-13H2,(H,20,21). The van der Waals surface area contributed by atoms with Crippen molar-refractivity contribution in [2.45, 2.75) is 23.5 Å². The van der Waals surface area contributed by atoms with Crippen LogP contribution in [0.15, 0.2) is 53.4 Å². The Labute approximate surface area is 135 Å². The van der Waals surface area contributed by atoms with Crippen LogP contribution in [-0.4, -0.2) is 24.2 Å². The molecule has 1 N–H and O–H groups in total. The van der Waals surface area contributed by atoms with Gasteiger partial charge in [-0.1, -0.05) is 18.2 Å². The number of thioether (sulfide) groups is 1. The third-order valence-electron chi connectivity index (χ3n) is 3.95. The van der Waals surface area contributed by atoms with Gasteiger partial charge in [0.1, 0.15) is 0 Å². The summed E-state index contributed by atoms with van der Waals surface area (Å²) in [6.07, 6.45) is 2.56. The number of hydrogen-bond acceptors (Lipinski definition) is 3. The Bertz CT molecular complexity index is 648. The molecule has 1 saturated heterocycles. The van der Waals surface area contributed by atoms with Crippen LogP contribution in [0.1, 0.15) is 28.8 Å². The Morgan fingerprint density at radius 1 is 1.05 bits per heavy atom. The van der Waals surface area contributed by atoms with Gasteiger partial charge in [-0.05, 0) is 48.7 Å². The minimum atomic E-state index is -0.861. The average Bonchev–Trinajstić information content (AvgIpc) is 3.08. The van der Waals surface area contributed by atoms with Crippen LogP contribution in [0.25, 0.3) is 0 Å². The van der Waals surface area contributed by atoms with Gasteiger partial charge >= 0.3 is 5.97 Å². The van der Waals surface area contributed by atoms with Crippen molar-refractivity contribution in [1.82, 2.24) is 0 Å². The molecule has 1 heterocycles. The van der Waals surface area contributed by atoms with E-state index in [0.717, 1.165) is 18.7 Å². The third kappa shape index (κ3) is 3.45. The maximum absolute atomic E-state index is 11.2. The first-order valence-electron chi connectivity index (χ1n) is 7.53. The van der Waals surface area contributed by atoms with Crippen LogP contribution < -0.4 is 4.90 Å². The van der Waals surface area contributed by atoms with E-state index in [1.54, 1.807) is 23.9 Å². The maximum atomic E-state index is 11.2. The van der Waals surface area contributed by atoms with E-state index < -0.39 is 5.97 Å². The van der Waals surface area contributed by atoms with Crippen LogP contribution in [0.4, 0.5) is 5.69 Å². The lowest BCUT2D eigenvalue weighted by atomic mass is 10.1. The Hall–Kier alpha value is -1.94. The number of hydrogen-bond donors (Lipinski definition) is 1. The molecular formula is C18H19NO2S. The fourth-order valence-electron chi connectivity index (χ4n) is 2.74. The molecule has 0 spiro atoms. The first kappa shape index (κ1) is 15.0.